The highest BCUT2D eigenvalue weighted by Gasteiger charge is 2.09. The summed E-state index contributed by atoms with van der Waals surface area (Å²) in [5.41, 5.74) is 2.01. The monoisotopic (exact) mass is 252 g/mol. The van der Waals surface area contributed by atoms with Gasteiger partial charge in [0, 0.05) is 25.2 Å². The van der Waals surface area contributed by atoms with Crippen molar-refractivity contribution in [1.29, 1.82) is 0 Å². The van der Waals surface area contributed by atoms with Gasteiger partial charge in [-0.2, -0.15) is 0 Å². The average molecular weight is 253 g/mol. The van der Waals surface area contributed by atoms with Gasteiger partial charge in [0.2, 0.25) is 0 Å². The maximum atomic E-state index is 5.69. The van der Waals surface area contributed by atoms with E-state index < -0.39 is 0 Å². The molecule has 0 spiro atoms. The molecule has 0 aliphatic heterocycles. The average Bonchev–Trinajstić information content (AvgIpc) is 2.70. The van der Waals surface area contributed by atoms with Crippen LogP contribution in [0.5, 0.6) is 0 Å². The quantitative estimate of drug-likeness (QED) is 0.832. The van der Waals surface area contributed by atoms with E-state index in [1.165, 1.54) is 0 Å². The number of nitrogens with one attached hydrogen (secondary N) is 1. The molecule has 1 unspecified atom stereocenters. The van der Waals surface area contributed by atoms with Crippen molar-refractivity contribution < 1.29 is 0 Å². The van der Waals surface area contributed by atoms with Gasteiger partial charge < -0.3 is 9.88 Å². The van der Waals surface area contributed by atoms with E-state index in [1.807, 2.05) is 17.7 Å². The molecule has 2 rings (SSSR count). The zero-order valence-electron chi connectivity index (χ0n) is 10.2. The third kappa shape index (κ3) is 2.69. The molecular weight excluding hydrogens is 236 g/mol. The number of hydrogen-bond donors (Lipinski definition) is 1. The lowest BCUT2D eigenvalue weighted by molar-refractivity contribution is 0.691. The lowest BCUT2D eigenvalue weighted by Gasteiger charge is -2.13. The van der Waals surface area contributed by atoms with E-state index in [2.05, 4.69) is 22.2 Å². The van der Waals surface area contributed by atoms with Crippen molar-refractivity contribution in [3.8, 4) is 0 Å². The van der Waals surface area contributed by atoms with Crippen LogP contribution in [0, 0.1) is 0 Å². The molecule has 1 atom stereocenters. The summed E-state index contributed by atoms with van der Waals surface area (Å²) in [4.78, 5) is 8.71. The van der Waals surface area contributed by atoms with Crippen LogP contribution in [-0.4, -0.2) is 26.5 Å². The standard InChI is InChI=1S/C12H17ClN4/c1-9(4-3-6-13)16-12-11-10(5-7-14-12)17(2)8-15-11/h5,7-9H,3-4,6H2,1-2H3,(H,14,16). The van der Waals surface area contributed by atoms with Crippen LogP contribution >= 0.6 is 11.6 Å². The second kappa shape index (κ2) is 5.36. The predicted molar refractivity (Wildman–Crippen MR) is 71.5 cm³/mol. The van der Waals surface area contributed by atoms with E-state index >= 15 is 0 Å². The molecule has 1 N–H and O–H groups in total. The number of nitrogens with zero attached hydrogens (tertiary/aromatic N) is 3. The summed E-state index contributed by atoms with van der Waals surface area (Å²) < 4.78 is 1.99. The molecule has 0 saturated heterocycles. The molecule has 0 aromatic carbocycles. The van der Waals surface area contributed by atoms with Crippen LogP contribution in [0.4, 0.5) is 5.82 Å². The van der Waals surface area contributed by atoms with Crippen molar-refractivity contribution in [2.24, 2.45) is 7.05 Å². The molecule has 92 valence electrons. The predicted octanol–water partition coefficient (Wildman–Crippen LogP) is 2.79. The van der Waals surface area contributed by atoms with Crippen molar-refractivity contribution in [3.05, 3.63) is 18.6 Å². The van der Waals surface area contributed by atoms with Gasteiger partial charge in [0.1, 0.15) is 5.52 Å². The van der Waals surface area contributed by atoms with Crippen LogP contribution in [0.1, 0.15) is 19.8 Å². The summed E-state index contributed by atoms with van der Waals surface area (Å²) in [6.45, 7) is 2.13. The second-order valence-corrected chi connectivity index (χ2v) is 4.64. The van der Waals surface area contributed by atoms with Crippen molar-refractivity contribution in [3.63, 3.8) is 0 Å². The third-order valence-electron chi connectivity index (χ3n) is 2.80. The normalized spacial score (nSPS) is 12.9. The first-order chi connectivity index (χ1) is 8.22. The van der Waals surface area contributed by atoms with Gasteiger partial charge in [0.25, 0.3) is 0 Å². The summed E-state index contributed by atoms with van der Waals surface area (Å²) in [7, 11) is 1.98. The second-order valence-electron chi connectivity index (χ2n) is 4.26. The number of halogens is 1. The lowest BCUT2D eigenvalue weighted by Crippen LogP contribution is -2.16. The van der Waals surface area contributed by atoms with Crippen LogP contribution in [0.15, 0.2) is 18.6 Å². The number of pyridine rings is 1. The molecule has 2 heterocycles. The first-order valence-electron chi connectivity index (χ1n) is 5.81. The van der Waals surface area contributed by atoms with Crippen LogP contribution in [0.2, 0.25) is 0 Å². The van der Waals surface area contributed by atoms with E-state index in [4.69, 9.17) is 11.6 Å². The van der Waals surface area contributed by atoms with Crippen LogP contribution in [0.25, 0.3) is 11.0 Å². The first-order valence-corrected chi connectivity index (χ1v) is 6.34. The van der Waals surface area contributed by atoms with Crippen molar-refractivity contribution in [1.82, 2.24) is 14.5 Å². The Kier molecular flexibility index (Phi) is 3.84. The maximum Gasteiger partial charge on any atom is 0.154 e. The summed E-state index contributed by atoms with van der Waals surface area (Å²) >= 11 is 5.69. The number of fused-ring (bicyclic) bond motifs is 1. The minimum Gasteiger partial charge on any atom is -0.366 e. The lowest BCUT2D eigenvalue weighted by atomic mass is 10.2. The Morgan fingerprint density at radius 3 is 3.06 bits per heavy atom. The fourth-order valence-corrected chi connectivity index (χ4v) is 2.01. The molecule has 0 fully saturated rings. The van der Waals surface area contributed by atoms with Gasteiger partial charge in [-0.15, -0.1) is 11.6 Å². The van der Waals surface area contributed by atoms with Gasteiger partial charge in [0.15, 0.2) is 5.82 Å². The number of hydrogen-bond acceptors (Lipinski definition) is 3. The van der Waals surface area contributed by atoms with Gasteiger partial charge >= 0.3 is 0 Å². The Hall–Kier alpha value is -1.29. The molecular formula is C12H17ClN4. The van der Waals surface area contributed by atoms with E-state index in [0.717, 1.165) is 29.7 Å². The highest BCUT2D eigenvalue weighted by Crippen LogP contribution is 2.19. The molecule has 0 aliphatic rings. The Labute approximate surface area is 106 Å². The SMILES string of the molecule is CC(CCCCl)Nc1nccc2c1ncn2C. The van der Waals surface area contributed by atoms with Crippen LogP contribution in [-0.2, 0) is 7.05 Å². The number of aryl methyl sites for hydroxylation is 1. The Morgan fingerprint density at radius 1 is 1.47 bits per heavy atom. The van der Waals surface area contributed by atoms with E-state index in [-0.39, 0.29) is 0 Å². The van der Waals surface area contributed by atoms with Crippen LogP contribution < -0.4 is 5.32 Å². The number of rotatable bonds is 5. The smallest absolute Gasteiger partial charge is 0.154 e. The largest absolute Gasteiger partial charge is 0.366 e. The van der Waals surface area contributed by atoms with Crippen molar-refractivity contribution >= 4 is 28.5 Å². The summed E-state index contributed by atoms with van der Waals surface area (Å²) in [5, 5.41) is 3.39. The molecule has 2 aromatic rings. The van der Waals surface area contributed by atoms with E-state index in [0.29, 0.717) is 11.9 Å². The van der Waals surface area contributed by atoms with Crippen molar-refractivity contribution in [2.75, 3.05) is 11.2 Å². The van der Waals surface area contributed by atoms with Gasteiger partial charge in [-0.05, 0) is 25.8 Å². The highest BCUT2D eigenvalue weighted by atomic mass is 35.5. The van der Waals surface area contributed by atoms with Gasteiger partial charge in [-0.25, -0.2) is 9.97 Å². The zero-order chi connectivity index (χ0) is 12.3. The number of anilines is 1. The van der Waals surface area contributed by atoms with Gasteiger partial charge in [0.05, 0.1) is 11.8 Å². The maximum absolute atomic E-state index is 5.69. The summed E-state index contributed by atoms with van der Waals surface area (Å²) in [5.74, 6) is 1.55. The minimum absolute atomic E-state index is 0.355. The molecule has 0 aliphatic carbocycles. The molecule has 0 bridgehead atoms. The van der Waals surface area contributed by atoms with E-state index in [1.54, 1.807) is 12.5 Å². The summed E-state index contributed by atoms with van der Waals surface area (Å²) in [6.07, 6.45) is 5.66. The topological polar surface area (TPSA) is 42.7 Å². The molecule has 0 radical (unpaired) electrons. The van der Waals surface area contributed by atoms with Gasteiger partial charge in [-0.1, -0.05) is 0 Å². The number of imidazole rings is 1. The molecule has 4 nitrogen and oxygen atoms in total. The van der Waals surface area contributed by atoms with E-state index in [9.17, 15) is 0 Å². The Balaban J connectivity index is 2.18. The first kappa shape index (κ1) is 12.2. The zero-order valence-corrected chi connectivity index (χ0v) is 10.9. The molecule has 5 heteroatoms. The third-order valence-corrected chi connectivity index (χ3v) is 3.06. The number of alkyl halides is 1. The molecule has 17 heavy (non-hydrogen) atoms. The summed E-state index contributed by atoms with van der Waals surface area (Å²) in [6, 6.07) is 2.32. The number of aromatic nitrogens is 3. The minimum atomic E-state index is 0.355. The Bertz CT molecular complexity index is 494. The van der Waals surface area contributed by atoms with Gasteiger partial charge in [-0.3, -0.25) is 0 Å². The van der Waals surface area contributed by atoms with Crippen molar-refractivity contribution in [2.45, 2.75) is 25.8 Å². The molecule has 2 aromatic heterocycles. The fraction of sp³-hybridized carbons (Fsp3) is 0.500. The fourth-order valence-electron chi connectivity index (χ4n) is 1.86. The molecule has 0 saturated carbocycles. The Morgan fingerprint density at radius 2 is 2.29 bits per heavy atom. The highest BCUT2D eigenvalue weighted by molar-refractivity contribution is 6.17. The van der Waals surface area contributed by atoms with Crippen LogP contribution in [0.3, 0.4) is 0 Å². The molecule has 0 amide bonds.